The number of anilines is 3. The lowest BCUT2D eigenvalue weighted by molar-refractivity contribution is -0.117. The molecule has 3 rings (SSSR count). The highest BCUT2D eigenvalue weighted by Gasteiger charge is 2.40. The predicted octanol–water partition coefficient (Wildman–Crippen LogP) is 10.3. The second-order valence-corrected chi connectivity index (χ2v) is 13.2. The Kier molecular flexibility index (Phi) is 17.3. The van der Waals surface area contributed by atoms with Crippen LogP contribution in [0.4, 0.5) is 17.1 Å². The van der Waals surface area contributed by atoms with Crippen molar-refractivity contribution < 1.29 is 9.59 Å². The first kappa shape index (κ1) is 38.5. The van der Waals surface area contributed by atoms with Gasteiger partial charge in [-0.05, 0) is 36.8 Å². The van der Waals surface area contributed by atoms with Gasteiger partial charge in [0.25, 0.3) is 5.91 Å². The van der Waals surface area contributed by atoms with Crippen LogP contribution in [-0.4, -0.2) is 28.1 Å². The molecule has 0 aromatic heterocycles. The molecule has 2 aromatic rings. The zero-order valence-electron chi connectivity index (χ0n) is 24.6. The van der Waals surface area contributed by atoms with E-state index in [1.54, 1.807) is 18.2 Å². The minimum atomic E-state index is -0.990. The molecule has 0 aliphatic carbocycles. The SMILES string of the molecule is Br.CCCCCCCCCCCCCC(=O)Nc1ccc(Cl)c(NC2=NN(c3c(Cl)cc(Cl)cc3Cl)C(=O)C2SC(=N)N)c1. The maximum atomic E-state index is 13.3. The minimum absolute atomic E-state index is 0. The van der Waals surface area contributed by atoms with E-state index in [2.05, 4.69) is 22.7 Å². The number of hydrazone groups is 1. The van der Waals surface area contributed by atoms with E-state index in [0.29, 0.717) is 27.8 Å². The molecule has 1 unspecified atom stereocenters. The summed E-state index contributed by atoms with van der Waals surface area (Å²) in [6.07, 6.45) is 13.8. The number of nitrogens with one attached hydrogen (secondary N) is 3. The van der Waals surface area contributed by atoms with Gasteiger partial charge in [-0.15, -0.1) is 22.1 Å². The number of nitrogens with zero attached hydrogens (tertiary/aromatic N) is 2. The molecule has 14 heteroatoms. The van der Waals surface area contributed by atoms with Crippen molar-refractivity contribution in [1.29, 1.82) is 5.41 Å². The highest BCUT2D eigenvalue weighted by Crippen LogP contribution is 2.40. The number of unbranched alkanes of at least 4 members (excludes halogenated alkanes) is 10. The number of nitrogens with two attached hydrogens (primary N) is 1. The summed E-state index contributed by atoms with van der Waals surface area (Å²) in [6, 6.07) is 7.90. The summed E-state index contributed by atoms with van der Waals surface area (Å²) in [4.78, 5) is 25.9. The van der Waals surface area contributed by atoms with E-state index in [9.17, 15) is 9.59 Å². The second-order valence-electron chi connectivity index (χ2n) is 10.4. The smallest absolute Gasteiger partial charge is 0.268 e. The van der Waals surface area contributed by atoms with Crippen LogP contribution < -0.4 is 21.4 Å². The zero-order valence-corrected chi connectivity index (χ0v) is 30.1. The molecule has 1 atom stereocenters. The van der Waals surface area contributed by atoms with Crippen LogP contribution in [0.3, 0.4) is 0 Å². The van der Waals surface area contributed by atoms with Gasteiger partial charge in [-0.2, -0.15) is 5.01 Å². The van der Waals surface area contributed by atoms with Gasteiger partial charge in [0.15, 0.2) is 16.3 Å². The van der Waals surface area contributed by atoms with Crippen LogP contribution >= 0.6 is 75.1 Å². The summed E-state index contributed by atoms with van der Waals surface area (Å²) < 4.78 is 0. The molecule has 0 saturated heterocycles. The minimum Gasteiger partial charge on any atom is -0.379 e. The van der Waals surface area contributed by atoms with Gasteiger partial charge in [0.1, 0.15) is 5.69 Å². The van der Waals surface area contributed by atoms with Crippen molar-refractivity contribution in [1.82, 2.24) is 0 Å². The van der Waals surface area contributed by atoms with Gasteiger partial charge in [0.2, 0.25) is 5.91 Å². The van der Waals surface area contributed by atoms with Gasteiger partial charge in [-0.1, -0.05) is 129 Å². The summed E-state index contributed by atoms with van der Waals surface area (Å²) in [5.74, 6) is -0.430. The van der Waals surface area contributed by atoms with Gasteiger partial charge in [-0.25, -0.2) is 0 Å². The quantitative estimate of drug-likeness (QED) is 0.0769. The van der Waals surface area contributed by atoms with Crippen LogP contribution in [0.5, 0.6) is 0 Å². The molecule has 2 amide bonds. The largest absolute Gasteiger partial charge is 0.379 e. The Morgan fingerprint density at radius 2 is 1.50 bits per heavy atom. The number of amides is 2. The molecular weight excluding hydrogens is 730 g/mol. The Morgan fingerprint density at radius 1 is 0.932 bits per heavy atom. The van der Waals surface area contributed by atoms with Crippen LogP contribution in [0.15, 0.2) is 35.4 Å². The Balaban J connectivity index is 0.00000675. The molecule has 8 nitrogen and oxygen atoms in total. The lowest BCUT2D eigenvalue weighted by Crippen LogP contribution is -2.34. The number of carbonyl (C=O) groups excluding carboxylic acids is 2. The molecule has 5 N–H and O–H groups in total. The maximum absolute atomic E-state index is 13.3. The Morgan fingerprint density at radius 3 is 2.07 bits per heavy atom. The lowest BCUT2D eigenvalue weighted by Gasteiger charge is -2.16. The topological polar surface area (TPSA) is 124 Å². The van der Waals surface area contributed by atoms with E-state index in [-0.39, 0.29) is 49.6 Å². The van der Waals surface area contributed by atoms with Crippen molar-refractivity contribution in [3.8, 4) is 0 Å². The number of carbonyl (C=O) groups is 2. The van der Waals surface area contributed by atoms with Crippen LogP contribution in [0.2, 0.25) is 20.1 Å². The molecular formula is C30H39BrCl4N6O2S. The molecule has 0 saturated carbocycles. The number of rotatable bonds is 16. The zero-order chi connectivity index (χ0) is 31.4. The summed E-state index contributed by atoms with van der Waals surface area (Å²) in [6.45, 7) is 2.24. The molecule has 0 spiro atoms. The Hall–Kier alpha value is -1.69. The van der Waals surface area contributed by atoms with Crippen LogP contribution in [0.25, 0.3) is 0 Å². The average Bonchev–Trinajstić information content (AvgIpc) is 3.22. The molecule has 0 fully saturated rings. The van der Waals surface area contributed by atoms with Crippen molar-refractivity contribution in [3.05, 3.63) is 50.4 Å². The van der Waals surface area contributed by atoms with Crippen LogP contribution in [-0.2, 0) is 9.59 Å². The number of benzene rings is 2. The van der Waals surface area contributed by atoms with Gasteiger partial charge in [0, 0.05) is 17.1 Å². The first-order chi connectivity index (χ1) is 20.6. The van der Waals surface area contributed by atoms with E-state index in [0.717, 1.165) is 36.0 Å². The van der Waals surface area contributed by atoms with Crippen molar-refractivity contribution in [3.63, 3.8) is 0 Å². The van der Waals surface area contributed by atoms with Gasteiger partial charge >= 0.3 is 0 Å². The number of hydrogen-bond donors (Lipinski definition) is 4. The summed E-state index contributed by atoms with van der Waals surface area (Å²) in [5.41, 5.74) is 6.71. The normalized spacial score (nSPS) is 14.3. The fourth-order valence-electron chi connectivity index (χ4n) is 4.67. The first-order valence-electron chi connectivity index (χ1n) is 14.5. The van der Waals surface area contributed by atoms with Crippen molar-refractivity contribution in [2.75, 3.05) is 15.6 Å². The summed E-state index contributed by atoms with van der Waals surface area (Å²) in [7, 11) is 0. The number of thioether (sulfide) groups is 1. The van der Waals surface area contributed by atoms with Crippen molar-refractivity contribution in [2.45, 2.75) is 89.2 Å². The maximum Gasteiger partial charge on any atom is 0.268 e. The third-order valence-corrected chi connectivity index (χ3v) is 8.89. The highest BCUT2D eigenvalue weighted by molar-refractivity contribution is 8.93. The standard InChI is InChI=1S/C30H38Cl4N6O2S.BrH/c1-2-3-4-5-6-7-8-9-10-11-12-13-25(41)37-20-14-15-21(32)24(18-20)38-28-27(43-30(35)36)29(42)40(39-28)26-22(33)16-19(31)17-23(26)34;/h14-18,27H,2-13H2,1H3,(H3,35,36)(H,37,41)(H,38,39);1H. The van der Waals surface area contributed by atoms with E-state index < -0.39 is 11.2 Å². The fraction of sp³-hybridized carbons (Fsp3) is 0.467. The molecule has 242 valence electrons. The third kappa shape index (κ3) is 11.9. The first-order valence-corrected chi connectivity index (χ1v) is 16.9. The monoisotopic (exact) mass is 766 g/mol. The van der Waals surface area contributed by atoms with E-state index >= 15 is 0 Å². The molecule has 2 aromatic carbocycles. The van der Waals surface area contributed by atoms with E-state index in [1.807, 2.05) is 0 Å². The predicted molar refractivity (Wildman–Crippen MR) is 195 cm³/mol. The van der Waals surface area contributed by atoms with Gasteiger partial charge in [0.05, 0.1) is 20.8 Å². The Labute approximate surface area is 294 Å². The van der Waals surface area contributed by atoms with Crippen LogP contribution in [0, 0.1) is 5.41 Å². The molecule has 1 heterocycles. The summed E-state index contributed by atoms with van der Waals surface area (Å²) in [5, 5.41) is 18.8. The number of halogens is 5. The fourth-order valence-corrected chi connectivity index (χ4v) is 6.48. The van der Waals surface area contributed by atoms with Gasteiger partial charge < -0.3 is 16.4 Å². The van der Waals surface area contributed by atoms with Gasteiger partial charge in [-0.3, -0.25) is 15.0 Å². The lowest BCUT2D eigenvalue weighted by atomic mass is 10.1. The van der Waals surface area contributed by atoms with E-state index in [1.165, 1.54) is 63.5 Å². The second kappa shape index (κ2) is 19.7. The van der Waals surface area contributed by atoms with Crippen LogP contribution in [0.1, 0.15) is 84.0 Å². The molecule has 0 radical (unpaired) electrons. The average molecular weight is 769 g/mol. The van der Waals surface area contributed by atoms with E-state index in [4.69, 9.17) is 57.5 Å². The summed E-state index contributed by atoms with van der Waals surface area (Å²) >= 11 is 26.0. The molecule has 1 aliphatic heterocycles. The third-order valence-electron chi connectivity index (χ3n) is 6.85. The molecule has 1 aliphatic rings. The highest BCUT2D eigenvalue weighted by atomic mass is 79.9. The Bertz CT molecular complexity index is 1310. The molecule has 44 heavy (non-hydrogen) atoms. The van der Waals surface area contributed by atoms with Crippen molar-refractivity contribution >= 4 is 115 Å². The molecule has 0 bridgehead atoms. The van der Waals surface area contributed by atoms with Crippen molar-refractivity contribution in [2.24, 2.45) is 10.8 Å². The number of amidine groups is 2. The number of hydrogen-bond acceptors (Lipinski definition) is 6.